The number of benzene rings is 3. The fraction of sp³-hybridized carbons (Fsp3) is 0.111. The number of hydrogen-bond donors (Lipinski definition) is 2. The number of barbiturate groups is 1. The number of aryl methyl sites for hydroxylation is 1. The second-order valence-corrected chi connectivity index (χ2v) is 7.95. The first-order valence-electron chi connectivity index (χ1n) is 10.9. The third kappa shape index (κ3) is 4.95. The van der Waals surface area contributed by atoms with Gasteiger partial charge in [-0.25, -0.2) is 14.5 Å². The highest BCUT2D eigenvalue weighted by Crippen LogP contribution is 2.31. The Morgan fingerprint density at radius 1 is 1.00 bits per heavy atom. The van der Waals surface area contributed by atoms with Crippen LogP contribution in [0.15, 0.2) is 72.3 Å². The van der Waals surface area contributed by atoms with Crippen molar-refractivity contribution in [3.05, 3.63) is 94.6 Å². The molecule has 0 aromatic heterocycles. The first-order valence-corrected chi connectivity index (χ1v) is 10.9. The highest BCUT2D eigenvalue weighted by atomic mass is 16.5. The van der Waals surface area contributed by atoms with Crippen LogP contribution in [0.25, 0.3) is 6.08 Å². The molecule has 0 aliphatic carbocycles. The smallest absolute Gasteiger partial charge is 0.335 e. The Morgan fingerprint density at radius 3 is 2.50 bits per heavy atom. The summed E-state index contributed by atoms with van der Waals surface area (Å²) in [5, 5.41) is 11.4. The van der Waals surface area contributed by atoms with Crippen molar-refractivity contribution in [2.75, 3.05) is 12.0 Å². The van der Waals surface area contributed by atoms with Crippen molar-refractivity contribution in [2.24, 2.45) is 0 Å². The van der Waals surface area contributed by atoms with E-state index in [0.29, 0.717) is 33.9 Å². The second-order valence-electron chi connectivity index (χ2n) is 7.95. The largest absolute Gasteiger partial charge is 0.493 e. The van der Waals surface area contributed by atoms with Gasteiger partial charge >= 0.3 is 12.0 Å². The van der Waals surface area contributed by atoms with Gasteiger partial charge in [-0.05, 0) is 60.0 Å². The number of imide groups is 2. The number of hydrogen-bond acceptors (Lipinski definition) is 6. The minimum absolute atomic E-state index is 0.103. The third-order valence-corrected chi connectivity index (χ3v) is 5.52. The highest BCUT2D eigenvalue weighted by Gasteiger charge is 2.37. The molecule has 0 unspecified atom stereocenters. The minimum Gasteiger partial charge on any atom is -0.493 e. The number of carboxylic acid groups (broad SMARTS) is 1. The molecule has 0 atom stereocenters. The van der Waals surface area contributed by atoms with Gasteiger partial charge in [-0.2, -0.15) is 0 Å². The molecule has 9 nitrogen and oxygen atoms in total. The van der Waals surface area contributed by atoms with E-state index >= 15 is 0 Å². The van der Waals surface area contributed by atoms with Crippen LogP contribution in [0, 0.1) is 6.92 Å². The molecule has 9 heteroatoms. The Bertz CT molecular complexity index is 1410. The second kappa shape index (κ2) is 10.1. The number of para-hydroxylation sites is 1. The van der Waals surface area contributed by atoms with Crippen LogP contribution in [0.5, 0.6) is 11.5 Å². The molecule has 4 amide bonds. The number of nitrogens with one attached hydrogen (secondary N) is 1. The number of nitrogens with zero attached hydrogens (tertiary/aromatic N) is 1. The van der Waals surface area contributed by atoms with Crippen molar-refractivity contribution in [1.82, 2.24) is 5.32 Å². The molecule has 36 heavy (non-hydrogen) atoms. The van der Waals surface area contributed by atoms with Crippen LogP contribution in [-0.2, 0) is 16.2 Å². The summed E-state index contributed by atoms with van der Waals surface area (Å²) in [6.07, 6.45) is 1.37. The van der Waals surface area contributed by atoms with E-state index in [1.165, 1.54) is 25.3 Å². The highest BCUT2D eigenvalue weighted by molar-refractivity contribution is 6.39. The maximum atomic E-state index is 13.1. The number of methoxy groups -OCH3 is 1. The maximum absolute atomic E-state index is 13.1. The number of carbonyl (C=O) groups excluding carboxylic acids is 3. The minimum atomic E-state index is -1.03. The number of aromatic carboxylic acids is 1. The number of ether oxygens (including phenoxy) is 2. The summed E-state index contributed by atoms with van der Waals surface area (Å²) in [7, 11) is 1.45. The van der Waals surface area contributed by atoms with E-state index in [-0.39, 0.29) is 17.7 Å². The number of carboxylic acids is 1. The molecule has 0 radical (unpaired) electrons. The molecule has 1 fully saturated rings. The fourth-order valence-electron chi connectivity index (χ4n) is 3.71. The predicted molar refractivity (Wildman–Crippen MR) is 131 cm³/mol. The average molecular weight is 486 g/mol. The topological polar surface area (TPSA) is 122 Å². The van der Waals surface area contributed by atoms with Crippen LogP contribution in [0.3, 0.4) is 0 Å². The van der Waals surface area contributed by atoms with Crippen LogP contribution in [0.2, 0.25) is 0 Å². The predicted octanol–water partition coefficient (Wildman–Crippen LogP) is 3.95. The van der Waals surface area contributed by atoms with Gasteiger partial charge in [0.2, 0.25) is 0 Å². The quantitative estimate of drug-likeness (QED) is 0.383. The first-order chi connectivity index (χ1) is 17.3. The summed E-state index contributed by atoms with van der Waals surface area (Å²) in [6.45, 7) is 1.86. The van der Waals surface area contributed by atoms with E-state index in [2.05, 4.69) is 5.32 Å². The summed E-state index contributed by atoms with van der Waals surface area (Å²) < 4.78 is 11.2. The van der Waals surface area contributed by atoms with E-state index in [4.69, 9.17) is 14.6 Å². The molecule has 1 heterocycles. The lowest BCUT2D eigenvalue weighted by molar-refractivity contribution is -0.122. The zero-order valence-electron chi connectivity index (χ0n) is 19.5. The number of carbonyl (C=O) groups is 4. The van der Waals surface area contributed by atoms with Crippen molar-refractivity contribution in [1.29, 1.82) is 0 Å². The summed E-state index contributed by atoms with van der Waals surface area (Å²) in [4.78, 5) is 50.2. The summed E-state index contributed by atoms with van der Waals surface area (Å²) in [6, 6.07) is 17.3. The van der Waals surface area contributed by atoms with Crippen LogP contribution in [0.1, 0.15) is 27.0 Å². The van der Waals surface area contributed by atoms with E-state index in [1.807, 2.05) is 0 Å². The Labute approximate surface area is 206 Å². The Hall–Kier alpha value is -4.92. The van der Waals surface area contributed by atoms with E-state index in [9.17, 15) is 19.2 Å². The molecule has 0 spiro atoms. The van der Waals surface area contributed by atoms with Gasteiger partial charge in [0.25, 0.3) is 11.8 Å². The third-order valence-electron chi connectivity index (χ3n) is 5.52. The van der Waals surface area contributed by atoms with Gasteiger partial charge < -0.3 is 14.6 Å². The monoisotopic (exact) mass is 486 g/mol. The van der Waals surface area contributed by atoms with Gasteiger partial charge in [-0.3, -0.25) is 14.9 Å². The zero-order valence-corrected chi connectivity index (χ0v) is 19.5. The zero-order chi connectivity index (χ0) is 25.8. The fourth-order valence-corrected chi connectivity index (χ4v) is 3.71. The van der Waals surface area contributed by atoms with E-state index < -0.39 is 23.8 Å². The molecule has 1 saturated heterocycles. The SMILES string of the molecule is COc1cc(C=C2C(=O)NC(=O)N(c3ccccc3C)C2=O)ccc1OCc1cccc(C(=O)O)c1. The Balaban J connectivity index is 1.59. The molecule has 3 aromatic rings. The van der Waals surface area contributed by atoms with E-state index in [0.717, 1.165) is 4.90 Å². The lowest BCUT2D eigenvalue weighted by Crippen LogP contribution is -2.54. The standard InChI is InChI=1S/C27H22N2O7/c1-16-6-3-4-9-21(16)29-25(31)20(24(30)28-27(29)34)13-17-10-11-22(23(14-17)35-2)36-15-18-7-5-8-19(12-18)26(32)33/h3-14H,15H2,1-2H3,(H,32,33)(H,28,30,34). The summed E-state index contributed by atoms with van der Waals surface area (Å²) in [5.41, 5.74) is 2.16. The van der Waals surface area contributed by atoms with Gasteiger partial charge in [0.1, 0.15) is 12.2 Å². The van der Waals surface area contributed by atoms with E-state index in [1.54, 1.807) is 61.5 Å². The average Bonchev–Trinajstić information content (AvgIpc) is 2.86. The van der Waals surface area contributed by atoms with Gasteiger partial charge in [-0.1, -0.05) is 36.4 Å². The number of anilines is 1. The molecule has 4 rings (SSSR count). The van der Waals surface area contributed by atoms with Crippen LogP contribution in [-0.4, -0.2) is 36.0 Å². The maximum Gasteiger partial charge on any atom is 0.335 e. The summed E-state index contributed by atoms with van der Waals surface area (Å²) in [5.74, 6) is -1.84. The molecule has 0 saturated carbocycles. The summed E-state index contributed by atoms with van der Waals surface area (Å²) >= 11 is 0. The normalized spacial score (nSPS) is 14.6. The lowest BCUT2D eigenvalue weighted by atomic mass is 10.1. The molecular formula is C27H22N2O7. The van der Waals surface area contributed by atoms with Crippen LogP contribution in [0.4, 0.5) is 10.5 Å². The van der Waals surface area contributed by atoms with Gasteiger partial charge in [0.05, 0.1) is 18.4 Å². The molecule has 1 aliphatic rings. The van der Waals surface area contributed by atoms with Crippen LogP contribution >= 0.6 is 0 Å². The van der Waals surface area contributed by atoms with Crippen molar-refractivity contribution in [3.8, 4) is 11.5 Å². The van der Waals surface area contributed by atoms with Crippen LogP contribution < -0.4 is 19.7 Å². The van der Waals surface area contributed by atoms with Crippen molar-refractivity contribution in [2.45, 2.75) is 13.5 Å². The molecule has 2 N–H and O–H groups in total. The molecule has 182 valence electrons. The molecule has 1 aliphatic heterocycles. The Kier molecular flexibility index (Phi) is 6.82. The first kappa shape index (κ1) is 24.2. The number of urea groups is 1. The Morgan fingerprint density at radius 2 is 1.78 bits per heavy atom. The van der Waals surface area contributed by atoms with Crippen molar-refractivity contribution in [3.63, 3.8) is 0 Å². The molecule has 3 aromatic carbocycles. The lowest BCUT2D eigenvalue weighted by Gasteiger charge is -2.27. The number of rotatable bonds is 7. The van der Waals surface area contributed by atoms with Gasteiger partial charge in [0.15, 0.2) is 11.5 Å². The molecular weight excluding hydrogens is 464 g/mol. The van der Waals surface area contributed by atoms with Crippen molar-refractivity contribution < 1.29 is 33.8 Å². The van der Waals surface area contributed by atoms with Gasteiger partial charge in [0, 0.05) is 0 Å². The van der Waals surface area contributed by atoms with Gasteiger partial charge in [-0.15, -0.1) is 0 Å². The number of amides is 4. The molecule has 0 bridgehead atoms. The van der Waals surface area contributed by atoms with Crippen molar-refractivity contribution >= 4 is 35.6 Å².